The minimum Gasteiger partial charge on any atom is -0.603 e. The molecule has 1 aromatic carbocycles. The van der Waals surface area contributed by atoms with Crippen molar-refractivity contribution in [3.63, 3.8) is 0 Å². The molecule has 0 spiro atoms. The first-order valence-electron chi connectivity index (χ1n) is 10.4. The fourth-order valence-electron chi connectivity index (χ4n) is 3.12. The molecule has 2 aliphatic heterocycles. The van der Waals surface area contributed by atoms with E-state index in [0.717, 1.165) is 11.3 Å². The predicted octanol–water partition coefficient (Wildman–Crippen LogP) is 0.767. The lowest BCUT2D eigenvalue weighted by atomic mass is 10.1. The molecule has 0 saturated heterocycles. The number of esters is 1. The second kappa shape index (κ2) is 9.20. The summed E-state index contributed by atoms with van der Waals surface area (Å²) in [6.07, 6.45) is 8.06. The highest BCUT2D eigenvalue weighted by molar-refractivity contribution is 5.89. The SMILES string of the molecule is CC(C)(C)OC(=O)c1ccc(CN2C=C3NC(C#CCn4cncn4)=CNC3=C[NH+]2[O-])cc1. The number of aromatic nitrogens is 3. The molecule has 0 saturated carbocycles. The Bertz CT molecular complexity index is 1160. The number of benzene rings is 1. The summed E-state index contributed by atoms with van der Waals surface area (Å²) in [6, 6.07) is 7.05. The quantitative estimate of drug-likeness (QED) is 0.358. The number of hydrogen-bond donors (Lipinski definition) is 3. The van der Waals surface area contributed by atoms with Gasteiger partial charge in [-0.2, -0.15) is 5.10 Å². The second-order valence-corrected chi connectivity index (χ2v) is 8.49. The number of hydrogen-bond acceptors (Lipinski definition) is 8. The number of carbonyl (C=O) groups excluding carboxylic acids is 1. The smallest absolute Gasteiger partial charge is 0.338 e. The van der Waals surface area contributed by atoms with E-state index < -0.39 is 5.60 Å². The van der Waals surface area contributed by atoms with Gasteiger partial charge in [0.05, 0.1) is 24.0 Å². The largest absolute Gasteiger partial charge is 0.603 e. The van der Waals surface area contributed by atoms with Gasteiger partial charge < -0.3 is 20.6 Å². The summed E-state index contributed by atoms with van der Waals surface area (Å²) in [4.78, 5) is 16.1. The zero-order chi connectivity index (χ0) is 23.4. The number of nitrogens with one attached hydrogen (secondary N) is 3. The number of ether oxygens (including phenoxy) is 1. The fourth-order valence-corrected chi connectivity index (χ4v) is 3.12. The van der Waals surface area contributed by atoms with Gasteiger partial charge in [0.25, 0.3) is 0 Å². The first-order valence-corrected chi connectivity index (χ1v) is 10.4. The van der Waals surface area contributed by atoms with Crippen LogP contribution >= 0.6 is 0 Å². The lowest BCUT2D eigenvalue weighted by Crippen LogP contribution is -3.09. The molecular weight excluding hydrogens is 422 g/mol. The Morgan fingerprint density at radius 3 is 2.73 bits per heavy atom. The van der Waals surface area contributed by atoms with E-state index in [-0.39, 0.29) is 11.1 Å². The minimum absolute atomic E-state index is 0.145. The number of allylic oxidation sites excluding steroid dienone is 1. The molecule has 3 heterocycles. The zero-order valence-corrected chi connectivity index (χ0v) is 18.6. The van der Waals surface area contributed by atoms with Crippen molar-refractivity contribution in [1.29, 1.82) is 0 Å². The average Bonchev–Trinajstić information content (AvgIpc) is 3.27. The Hall–Kier alpha value is -4.07. The maximum absolute atomic E-state index is 12.6. The van der Waals surface area contributed by atoms with E-state index in [9.17, 15) is 10.0 Å². The highest BCUT2D eigenvalue weighted by Crippen LogP contribution is 2.16. The van der Waals surface area contributed by atoms with Gasteiger partial charge in [-0.1, -0.05) is 18.1 Å². The molecular formula is C23H25N7O3. The normalized spacial score (nSPS) is 17.3. The number of carbonyl (C=O) groups is 1. The molecule has 1 aromatic heterocycles. The summed E-state index contributed by atoms with van der Waals surface area (Å²) in [5.41, 5.74) is 2.90. The van der Waals surface area contributed by atoms with E-state index in [0.29, 0.717) is 30.0 Å². The Labute approximate surface area is 191 Å². The highest BCUT2D eigenvalue weighted by Gasteiger charge is 2.23. The zero-order valence-electron chi connectivity index (χ0n) is 18.6. The Kier molecular flexibility index (Phi) is 6.17. The van der Waals surface area contributed by atoms with Crippen molar-refractivity contribution in [2.45, 2.75) is 39.5 Å². The van der Waals surface area contributed by atoms with E-state index in [2.05, 4.69) is 32.6 Å². The van der Waals surface area contributed by atoms with Crippen LogP contribution in [-0.4, -0.2) is 31.3 Å². The standard InChI is InChI=1S/C23H25N7O3/c1-23(2,3)33-22(31)18-8-6-17(7-9-18)12-29-13-21-20(14-30(29)32)25-11-19(27-21)5-4-10-28-16-24-15-26-28/h6-9,11,13-16,25,27,30H,10,12H2,1-3H3. The first-order chi connectivity index (χ1) is 15.8. The maximum atomic E-state index is 12.6. The summed E-state index contributed by atoms with van der Waals surface area (Å²) in [5.74, 6) is 5.68. The number of nitrogens with zero attached hydrogens (tertiary/aromatic N) is 4. The highest BCUT2D eigenvalue weighted by atomic mass is 16.6. The van der Waals surface area contributed by atoms with E-state index in [1.165, 1.54) is 12.5 Å². The average molecular weight is 447 g/mol. The van der Waals surface area contributed by atoms with E-state index in [1.54, 1.807) is 40.6 Å². The Morgan fingerprint density at radius 2 is 2.03 bits per heavy atom. The molecule has 2 aromatic rings. The number of quaternary nitrogens is 1. The van der Waals surface area contributed by atoms with Crippen LogP contribution in [0.5, 0.6) is 0 Å². The van der Waals surface area contributed by atoms with Crippen molar-refractivity contribution in [1.82, 2.24) is 30.4 Å². The van der Waals surface area contributed by atoms with E-state index in [4.69, 9.17) is 4.74 Å². The molecule has 0 radical (unpaired) electrons. The summed E-state index contributed by atoms with van der Waals surface area (Å²) in [7, 11) is 0. The maximum Gasteiger partial charge on any atom is 0.338 e. The van der Waals surface area contributed by atoms with Gasteiger partial charge in [0, 0.05) is 6.20 Å². The van der Waals surface area contributed by atoms with E-state index >= 15 is 0 Å². The van der Waals surface area contributed by atoms with Gasteiger partial charge in [-0.05, 0) is 44.4 Å². The molecule has 0 amide bonds. The van der Waals surface area contributed by atoms with Crippen molar-refractivity contribution in [3.8, 4) is 11.8 Å². The van der Waals surface area contributed by atoms with Crippen molar-refractivity contribution >= 4 is 5.97 Å². The topological polar surface area (TPSA) is 112 Å². The molecule has 1 unspecified atom stereocenters. The molecule has 170 valence electrons. The summed E-state index contributed by atoms with van der Waals surface area (Å²) in [6.45, 7) is 6.26. The third-order valence-electron chi connectivity index (χ3n) is 4.64. The summed E-state index contributed by atoms with van der Waals surface area (Å²) in [5, 5.41) is 24.4. The van der Waals surface area contributed by atoms with Crippen molar-refractivity contribution in [2.24, 2.45) is 0 Å². The molecule has 0 bridgehead atoms. The molecule has 33 heavy (non-hydrogen) atoms. The monoisotopic (exact) mass is 447 g/mol. The molecule has 10 nitrogen and oxygen atoms in total. The molecule has 0 fully saturated rings. The fraction of sp³-hybridized carbons (Fsp3) is 0.261. The van der Waals surface area contributed by atoms with Crippen LogP contribution in [0.25, 0.3) is 0 Å². The summed E-state index contributed by atoms with van der Waals surface area (Å²) >= 11 is 0. The van der Waals surface area contributed by atoms with Gasteiger partial charge in [-0.15, -0.1) is 0 Å². The van der Waals surface area contributed by atoms with Crippen LogP contribution in [0, 0.1) is 17.0 Å². The lowest BCUT2D eigenvalue weighted by molar-refractivity contribution is -0.919. The van der Waals surface area contributed by atoms with Crippen molar-refractivity contribution in [2.75, 3.05) is 0 Å². The summed E-state index contributed by atoms with van der Waals surface area (Å²) < 4.78 is 7.02. The minimum atomic E-state index is -0.554. The first kappa shape index (κ1) is 22.1. The van der Waals surface area contributed by atoms with Crippen LogP contribution in [0.2, 0.25) is 0 Å². The van der Waals surface area contributed by atoms with Gasteiger partial charge in [0.15, 0.2) is 0 Å². The number of rotatable bonds is 4. The van der Waals surface area contributed by atoms with Gasteiger partial charge in [-0.25, -0.2) is 24.6 Å². The van der Waals surface area contributed by atoms with Gasteiger partial charge >= 0.3 is 5.97 Å². The van der Waals surface area contributed by atoms with E-state index in [1.807, 2.05) is 32.9 Å². The van der Waals surface area contributed by atoms with Crippen LogP contribution in [-0.2, 0) is 17.8 Å². The van der Waals surface area contributed by atoms with Gasteiger partial charge in [-0.3, -0.25) is 0 Å². The Morgan fingerprint density at radius 1 is 1.24 bits per heavy atom. The van der Waals surface area contributed by atoms with Crippen LogP contribution in [0.3, 0.4) is 0 Å². The number of hydroxylamine groups is 1. The molecule has 4 rings (SSSR count). The molecule has 2 aliphatic rings. The van der Waals surface area contributed by atoms with Crippen LogP contribution < -0.4 is 15.8 Å². The van der Waals surface area contributed by atoms with Crippen LogP contribution in [0.1, 0.15) is 36.7 Å². The van der Waals surface area contributed by atoms with Crippen LogP contribution in [0.4, 0.5) is 0 Å². The van der Waals surface area contributed by atoms with Gasteiger partial charge in [0.2, 0.25) is 0 Å². The van der Waals surface area contributed by atoms with Gasteiger partial charge in [0.1, 0.15) is 42.4 Å². The van der Waals surface area contributed by atoms with Crippen molar-refractivity contribution < 1.29 is 14.7 Å². The predicted molar refractivity (Wildman–Crippen MR) is 120 cm³/mol. The third-order valence-corrected chi connectivity index (χ3v) is 4.64. The molecule has 0 aliphatic carbocycles. The van der Waals surface area contributed by atoms with Crippen LogP contribution in [0.15, 0.2) is 72.6 Å². The molecule has 3 N–H and O–H groups in total. The third kappa shape index (κ3) is 5.79. The second-order valence-electron chi connectivity index (χ2n) is 8.49. The molecule has 10 heteroatoms. The molecule has 1 atom stereocenters. The Balaban J connectivity index is 1.40. The number of fused-ring (bicyclic) bond motifs is 1. The lowest BCUT2D eigenvalue weighted by Gasteiger charge is -2.36. The van der Waals surface area contributed by atoms with Crippen molar-refractivity contribution in [3.05, 3.63) is 88.9 Å².